The van der Waals surface area contributed by atoms with E-state index in [1.54, 1.807) is 6.33 Å². The lowest BCUT2D eigenvalue weighted by molar-refractivity contribution is 0.524. The van der Waals surface area contributed by atoms with Gasteiger partial charge in [0.2, 0.25) is 0 Å². The van der Waals surface area contributed by atoms with Crippen LogP contribution in [0.3, 0.4) is 0 Å². The van der Waals surface area contributed by atoms with Gasteiger partial charge in [-0.25, -0.2) is 4.98 Å². The molecule has 0 bridgehead atoms. The van der Waals surface area contributed by atoms with Crippen LogP contribution in [0.2, 0.25) is 0 Å². The Morgan fingerprint density at radius 1 is 1.69 bits per heavy atom. The number of aromatic nitrogens is 3. The van der Waals surface area contributed by atoms with Crippen LogP contribution >= 0.6 is 0 Å². The van der Waals surface area contributed by atoms with E-state index in [0.29, 0.717) is 11.5 Å². The molecule has 0 amide bonds. The molecule has 4 nitrogen and oxygen atoms in total. The molecule has 1 atom stereocenters. The topological polar surface area (TPSA) is 42.7 Å². The van der Waals surface area contributed by atoms with Gasteiger partial charge in [0.25, 0.3) is 0 Å². The lowest BCUT2D eigenvalue weighted by atomic mass is 10.2. The van der Waals surface area contributed by atoms with Gasteiger partial charge in [-0.15, -0.1) is 0 Å². The zero-order valence-corrected chi connectivity index (χ0v) is 8.41. The Morgan fingerprint density at radius 2 is 2.38 bits per heavy atom. The highest BCUT2D eigenvalue weighted by Gasteiger charge is 2.45. The predicted octanol–water partition coefficient (Wildman–Crippen LogP) is 0.703. The van der Waals surface area contributed by atoms with E-state index in [0.717, 1.165) is 12.4 Å². The van der Waals surface area contributed by atoms with Crippen molar-refractivity contribution >= 4 is 0 Å². The molecule has 1 heterocycles. The van der Waals surface area contributed by atoms with Gasteiger partial charge < -0.3 is 5.32 Å². The third kappa shape index (κ3) is 1.72. The molecule has 0 spiro atoms. The molecule has 1 unspecified atom stereocenters. The van der Waals surface area contributed by atoms with Crippen molar-refractivity contribution in [3.8, 4) is 0 Å². The zero-order chi connectivity index (χ0) is 9.47. The highest BCUT2D eigenvalue weighted by Crippen LogP contribution is 2.44. The Bertz CT molecular complexity index is 302. The van der Waals surface area contributed by atoms with Crippen LogP contribution in [0.25, 0.3) is 0 Å². The summed E-state index contributed by atoms with van der Waals surface area (Å²) in [6, 6.07) is 0.657. The van der Waals surface area contributed by atoms with Crippen molar-refractivity contribution in [2.24, 2.45) is 12.5 Å². The second kappa shape index (κ2) is 2.80. The van der Waals surface area contributed by atoms with Gasteiger partial charge in [-0.2, -0.15) is 5.10 Å². The molecule has 2 rings (SSSR count). The monoisotopic (exact) mass is 180 g/mol. The largest absolute Gasteiger partial charge is 0.306 e. The van der Waals surface area contributed by atoms with Crippen LogP contribution in [0.5, 0.6) is 0 Å². The van der Waals surface area contributed by atoms with Crippen LogP contribution in [0.4, 0.5) is 0 Å². The maximum absolute atomic E-state index is 4.15. The van der Waals surface area contributed by atoms with Crippen LogP contribution in [0.1, 0.15) is 26.1 Å². The summed E-state index contributed by atoms with van der Waals surface area (Å²) in [5.41, 5.74) is 0.485. The maximum Gasteiger partial charge on any atom is 0.140 e. The molecule has 13 heavy (non-hydrogen) atoms. The van der Waals surface area contributed by atoms with Crippen molar-refractivity contribution in [2.45, 2.75) is 32.9 Å². The third-order valence-electron chi connectivity index (χ3n) is 2.83. The van der Waals surface area contributed by atoms with E-state index in [4.69, 9.17) is 0 Å². The van der Waals surface area contributed by atoms with Crippen LogP contribution in [0, 0.1) is 5.41 Å². The summed E-state index contributed by atoms with van der Waals surface area (Å²) in [7, 11) is 1.92. The van der Waals surface area contributed by atoms with Crippen LogP contribution < -0.4 is 5.32 Å². The highest BCUT2D eigenvalue weighted by atomic mass is 15.3. The molecule has 1 aliphatic rings. The van der Waals surface area contributed by atoms with Gasteiger partial charge in [0.05, 0.1) is 6.54 Å². The SMILES string of the molecule is Cn1ncnc1CNC1CC1(C)C. The molecular weight excluding hydrogens is 164 g/mol. The molecule has 1 N–H and O–H groups in total. The first-order chi connectivity index (χ1) is 6.09. The first-order valence-electron chi connectivity index (χ1n) is 4.66. The first kappa shape index (κ1) is 8.69. The van der Waals surface area contributed by atoms with Gasteiger partial charge in [-0.3, -0.25) is 4.68 Å². The van der Waals surface area contributed by atoms with Crippen molar-refractivity contribution in [3.63, 3.8) is 0 Å². The Balaban J connectivity index is 1.85. The van der Waals surface area contributed by atoms with Gasteiger partial charge >= 0.3 is 0 Å². The average molecular weight is 180 g/mol. The summed E-state index contributed by atoms with van der Waals surface area (Å²) in [5, 5.41) is 7.48. The molecule has 1 aromatic heterocycles. The normalized spacial score (nSPS) is 24.7. The average Bonchev–Trinajstić information content (AvgIpc) is 2.47. The molecule has 1 aromatic rings. The molecule has 0 aliphatic heterocycles. The Labute approximate surface area is 78.4 Å². The molecule has 4 heteroatoms. The van der Waals surface area contributed by atoms with E-state index < -0.39 is 0 Å². The molecule has 1 saturated carbocycles. The van der Waals surface area contributed by atoms with Gasteiger partial charge in [-0.1, -0.05) is 13.8 Å². The minimum atomic E-state index is 0.485. The quantitative estimate of drug-likeness (QED) is 0.744. The highest BCUT2D eigenvalue weighted by molar-refractivity contribution is 5.02. The summed E-state index contributed by atoms with van der Waals surface area (Å²) in [6.45, 7) is 5.38. The minimum absolute atomic E-state index is 0.485. The number of hydrogen-bond acceptors (Lipinski definition) is 3. The van der Waals surface area contributed by atoms with Gasteiger partial charge in [0.1, 0.15) is 12.2 Å². The van der Waals surface area contributed by atoms with Gasteiger partial charge in [0.15, 0.2) is 0 Å². The van der Waals surface area contributed by atoms with Crippen molar-refractivity contribution < 1.29 is 0 Å². The number of hydrogen-bond donors (Lipinski definition) is 1. The zero-order valence-electron chi connectivity index (χ0n) is 8.41. The maximum atomic E-state index is 4.15. The lowest BCUT2D eigenvalue weighted by Gasteiger charge is -2.05. The van der Waals surface area contributed by atoms with Crippen LogP contribution in [-0.2, 0) is 13.6 Å². The van der Waals surface area contributed by atoms with E-state index in [-0.39, 0.29) is 0 Å². The number of nitrogens with zero attached hydrogens (tertiary/aromatic N) is 3. The summed E-state index contributed by atoms with van der Waals surface area (Å²) >= 11 is 0. The fourth-order valence-corrected chi connectivity index (χ4v) is 1.51. The first-order valence-corrected chi connectivity index (χ1v) is 4.66. The van der Waals surface area contributed by atoms with E-state index >= 15 is 0 Å². The summed E-state index contributed by atoms with van der Waals surface area (Å²) in [5.74, 6) is 1.00. The standard InChI is InChI=1S/C9H16N4/c1-9(2)4-7(9)10-5-8-11-6-12-13(8)3/h6-7,10H,4-5H2,1-3H3. The van der Waals surface area contributed by atoms with Crippen molar-refractivity contribution in [1.29, 1.82) is 0 Å². The molecular formula is C9H16N4. The fraction of sp³-hybridized carbons (Fsp3) is 0.778. The summed E-state index contributed by atoms with van der Waals surface area (Å²) in [4.78, 5) is 4.15. The Morgan fingerprint density at radius 3 is 2.85 bits per heavy atom. The van der Waals surface area contributed by atoms with Gasteiger partial charge in [-0.05, 0) is 11.8 Å². The van der Waals surface area contributed by atoms with Crippen molar-refractivity contribution in [1.82, 2.24) is 20.1 Å². The van der Waals surface area contributed by atoms with Crippen LogP contribution in [0.15, 0.2) is 6.33 Å². The molecule has 0 radical (unpaired) electrons. The molecule has 0 aromatic carbocycles. The van der Waals surface area contributed by atoms with E-state index in [2.05, 4.69) is 29.2 Å². The summed E-state index contributed by atoms with van der Waals surface area (Å²) < 4.78 is 1.81. The predicted molar refractivity (Wildman–Crippen MR) is 50.0 cm³/mol. The molecule has 0 saturated heterocycles. The number of rotatable bonds is 3. The molecule has 1 aliphatic carbocycles. The minimum Gasteiger partial charge on any atom is -0.306 e. The molecule has 72 valence electrons. The second-order valence-electron chi connectivity index (χ2n) is 4.43. The van der Waals surface area contributed by atoms with Crippen molar-refractivity contribution in [2.75, 3.05) is 0 Å². The molecule has 1 fully saturated rings. The van der Waals surface area contributed by atoms with Crippen molar-refractivity contribution in [3.05, 3.63) is 12.2 Å². The Kier molecular flexibility index (Phi) is 1.87. The Hall–Kier alpha value is -0.900. The second-order valence-corrected chi connectivity index (χ2v) is 4.43. The third-order valence-corrected chi connectivity index (χ3v) is 2.83. The smallest absolute Gasteiger partial charge is 0.140 e. The number of aryl methyl sites for hydroxylation is 1. The van der Waals surface area contributed by atoms with E-state index in [1.165, 1.54) is 6.42 Å². The van der Waals surface area contributed by atoms with E-state index in [9.17, 15) is 0 Å². The number of nitrogens with one attached hydrogen (secondary N) is 1. The summed E-state index contributed by atoms with van der Waals surface area (Å²) in [6.07, 6.45) is 2.86. The van der Waals surface area contributed by atoms with Gasteiger partial charge in [0, 0.05) is 13.1 Å². The lowest BCUT2D eigenvalue weighted by Crippen LogP contribution is -2.22. The fourth-order valence-electron chi connectivity index (χ4n) is 1.51. The van der Waals surface area contributed by atoms with E-state index in [1.807, 2.05) is 11.7 Å². The van der Waals surface area contributed by atoms with Crippen LogP contribution in [-0.4, -0.2) is 20.8 Å².